The van der Waals surface area contributed by atoms with Gasteiger partial charge in [0, 0.05) is 39.0 Å². The molecule has 43 heavy (non-hydrogen) atoms. The van der Waals surface area contributed by atoms with Gasteiger partial charge in [-0.25, -0.2) is 0 Å². The lowest BCUT2D eigenvalue weighted by molar-refractivity contribution is -0.150. The topological polar surface area (TPSA) is 90.4 Å². The number of unbranched alkanes of at least 4 members (excludes halogenated alkanes) is 3. The quantitative estimate of drug-likeness (QED) is 0.274. The number of nitrogens with zero attached hydrogens (tertiary/aromatic N) is 3. The van der Waals surface area contributed by atoms with Gasteiger partial charge in [-0.2, -0.15) is 0 Å². The average Bonchev–Trinajstić information content (AvgIpc) is 3.51. The Bertz CT molecular complexity index is 1410. The van der Waals surface area contributed by atoms with Crippen molar-refractivity contribution >= 4 is 34.2 Å². The number of rotatable bonds is 13. The van der Waals surface area contributed by atoms with Gasteiger partial charge in [-0.05, 0) is 55.0 Å². The summed E-state index contributed by atoms with van der Waals surface area (Å²) in [6.45, 7) is 12.9. The van der Waals surface area contributed by atoms with Crippen LogP contribution in [0.5, 0.6) is 0 Å². The lowest BCUT2D eigenvalue weighted by atomic mass is 9.62. The number of hydrogen-bond acceptors (Lipinski definition) is 5. The van der Waals surface area contributed by atoms with Crippen molar-refractivity contribution in [3.63, 3.8) is 0 Å². The second kappa shape index (κ2) is 12.2. The summed E-state index contributed by atoms with van der Waals surface area (Å²) < 4.78 is 6.92. The number of aliphatic hydroxyl groups is 1. The highest BCUT2D eigenvalue weighted by atomic mass is 16.5. The molecular formula is C35H45N3O5. The van der Waals surface area contributed by atoms with Gasteiger partial charge in [-0.3, -0.25) is 14.4 Å². The Morgan fingerprint density at radius 1 is 1.05 bits per heavy atom. The molecule has 230 valence electrons. The third kappa shape index (κ3) is 5.08. The third-order valence-electron chi connectivity index (χ3n) is 10.0. The molecule has 0 radical (unpaired) electrons. The van der Waals surface area contributed by atoms with E-state index >= 15 is 0 Å². The summed E-state index contributed by atoms with van der Waals surface area (Å²) in [4.78, 5) is 48.3. The van der Waals surface area contributed by atoms with E-state index in [0.717, 1.165) is 29.3 Å². The normalized spacial score (nSPS) is 29.1. The Morgan fingerprint density at radius 3 is 2.44 bits per heavy atom. The van der Waals surface area contributed by atoms with Crippen LogP contribution < -0.4 is 4.90 Å². The molecule has 8 nitrogen and oxygen atoms in total. The summed E-state index contributed by atoms with van der Waals surface area (Å²) in [5.41, 5.74) is -1.26. The molecule has 3 aliphatic heterocycles. The number of carbonyl (C=O) groups is 3. The van der Waals surface area contributed by atoms with Crippen LogP contribution in [0.3, 0.4) is 0 Å². The second-order valence-corrected chi connectivity index (χ2v) is 12.6. The van der Waals surface area contributed by atoms with Crippen LogP contribution in [0, 0.1) is 17.8 Å². The van der Waals surface area contributed by atoms with E-state index in [1.165, 1.54) is 0 Å². The lowest BCUT2D eigenvalue weighted by Gasteiger charge is -2.38. The molecule has 0 aliphatic carbocycles. The van der Waals surface area contributed by atoms with Crippen molar-refractivity contribution in [2.75, 3.05) is 38.2 Å². The minimum atomic E-state index is -1.11. The fourth-order valence-corrected chi connectivity index (χ4v) is 7.85. The molecule has 2 aromatic carbocycles. The first-order valence-corrected chi connectivity index (χ1v) is 15.5. The summed E-state index contributed by atoms with van der Waals surface area (Å²) >= 11 is 0. The van der Waals surface area contributed by atoms with Crippen molar-refractivity contribution in [1.82, 2.24) is 9.80 Å². The number of fused-ring (bicyclic) bond motifs is 2. The lowest BCUT2D eigenvalue weighted by Crippen LogP contribution is -2.57. The Morgan fingerprint density at radius 2 is 1.74 bits per heavy atom. The molecule has 1 N–H and O–H groups in total. The molecule has 3 aliphatic rings. The Kier molecular flexibility index (Phi) is 8.82. The average molecular weight is 588 g/mol. The number of amides is 3. The summed E-state index contributed by atoms with van der Waals surface area (Å²) in [6, 6.07) is 13.1. The zero-order valence-electron chi connectivity index (χ0n) is 25.7. The first-order chi connectivity index (χ1) is 20.6. The standard InChI is InChI=1S/C35H45N3O5/c1-6-18-36(5)31(40)28-29-32(41)38(20-12-8-9-13-21-39)30(35(29)23-24(3)34(28,4)43-35)33(42)37(19-7-2)27-17-16-25-14-10-11-15-26(25)22-27/h6-7,10-11,14-17,22,24,28-30,39H,1-2,8-9,12-13,18-21,23H2,3-5H3/t24?,28-,29+,30?,34+,35?/m1/s1. The van der Waals surface area contributed by atoms with Gasteiger partial charge in [0.2, 0.25) is 11.8 Å². The number of carbonyl (C=O) groups excluding carboxylic acids is 3. The van der Waals surface area contributed by atoms with Gasteiger partial charge < -0.3 is 24.5 Å². The smallest absolute Gasteiger partial charge is 0.253 e. The number of ether oxygens (including phenoxy) is 1. The fourth-order valence-electron chi connectivity index (χ4n) is 7.85. The molecule has 3 unspecified atom stereocenters. The Hall–Kier alpha value is -3.49. The molecule has 6 atom stereocenters. The molecular weight excluding hydrogens is 542 g/mol. The molecule has 8 heteroatoms. The van der Waals surface area contributed by atoms with E-state index in [1.807, 2.05) is 49.4 Å². The molecule has 3 amide bonds. The van der Waals surface area contributed by atoms with Crippen molar-refractivity contribution in [3.8, 4) is 0 Å². The minimum Gasteiger partial charge on any atom is -0.396 e. The Labute approximate surface area is 255 Å². The summed E-state index contributed by atoms with van der Waals surface area (Å²) in [7, 11) is 1.73. The maximum atomic E-state index is 14.9. The van der Waals surface area contributed by atoms with Crippen LogP contribution in [0.4, 0.5) is 5.69 Å². The van der Waals surface area contributed by atoms with Crippen molar-refractivity contribution in [2.45, 2.75) is 63.2 Å². The largest absolute Gasteiger partial charge is 0.396 e. The van der Waals surface area contributed by atoms with Gasteiger partial charge in [-0.15, -0.1) is 13.2 Å². The molecule has 3 saturated heterocycles. The number of benzene rings is 2. The fraction of sp³-hybridized carbons (Fsp3) is 0.514. The van der Waals surface area contributed by atoms with Crippen molar-refractivity contribution in [3.05, 3.63) is 67.8 Å². The molecule has 5 rings (SSSR count). The van der Waals surface area contributed by atoms with Gasteiger partial charge in [-0.1, -0.05) is 62.2 Å². The summed E-state index contributed by atoms with van der Waals surface area (Å²) in [6.07, 6.45) is 6.94. The van der Waals surface area contributed by atoms with Crippen LogP contribution in [0.1, 0.15) is 46.0 Å². The molecule has 2 aromatic rings. The zero-order valence-corrected chi connectivity index (χ0v) is 25.7. The van der Waals surface area contributed by atoms with Crippen LogP contribution in [0.15, 0.2) is 67.8 Å². The van der Waals surface area contributed by atoms with Crippen LogP contribution in [0.2, 0.25) is 0 Å². The molecule has 0 aromatic heterocycles. The monoisotopic (exact) mass is 587 g/mol. The highest BCUT2D eigenvalue weighted by molar-refractivity contribution is 6.06. The summed E-state index contributed by atoms with van der Waals surface area (Å²) in [5, 5.41) is 11.3. The van der Waals surface area contributed by atoms with Crippen LogP contribution in [0.25, 0.3) is 10.8 Å². The van der Waals surface area contributed by atoms with E-state index in [2.05, 4.69) is 20.1 Å². The number of likely N-dealkylation sites (N-methyl/N-ethyl adjacent to an activating group) is 1. The van der Waals surface area contributed by atoms with E-state index < -0.39 is 29.1 Å². The maximum absolute atomic E-state index is 14.9. The predicted octanol–water partition coefficient (Wildman–Crippen LogP) is 4.57. The van der Waals surface area contributed by atoms with Gasteiger partial charge in [0.05, 0.1) is 17.4 Å². The maximum Gasteiger partial charge on any atom is 0.253 e. The van der Waals surface area contributed by atoms with Crippen LogP contribution in [-0.2, 0) is 19.1 Å². The van der Waals surface area contributed by atoms with Gasteiger partial charge >= 0.3 is 0 Å². The first kappa shape index (κ1) is 31.0. The van der Waals surface area contributed by atoms with Crippen LogP contribution in [-0.4, -0.2) is 83.2 Å². The molecule has 3 fully saturated rings. The van der Waals surface area contributed by atoms with Crippen LogP contribution >= 0.6 is 0 Å². The predicted molar refractivity (Wildman–Crippen MR) is 168 cm³/mol. The number of aliphatic hydroxyl groups excluding tert-OH is 1. The number of likely N-dealkylation sites (tertiary alicyclic amines) is 1. The molecule has 3 heterocycles. The molecule has 1 spiro atoms. The Balaban J connectivity index is 1.57. The molecule has 2 bridgehead atoms. The van der Waals surface area contributed by atoms with Gasteiger partial charge in [0.1, 0.15) is 11.6 Å². The van der Waals surface area contributed by atoms with E-state index in [0.29, 0.717) is 32.4 Å². The highest BCUT2D eigenvalue weighted by Gasteiger charge is 2.80. The van der Waals surface area contributed by atoms with Crippen molar-refractivity contribution < 1.29 is 24.2 Å². The zero-order chi connectivity index (χ0) is 30.9. The SMILES string of the molecule is C=CCN(C)C(=O)[C@H]1[C@H]2C(=O)N(CCCCCCO)C(C(=O)N(CC=C)c3ccc4ccccc4c3)C23CC(C)[C@]1(C)O3. The van der Waals surface area contributed by atoms with Gasteiger partial charge in [0.25, 0.3) is 5.91 Å². The van der Waals surface area contributed by atoms with E-state index in [4.69, 9.17) is 4.74 Å². The second-order valence-electron chi connectivity index (χ2n) is 12.6. The van der Waals surface area contributed by atoms with E-state index in [1.54, 1.807) is 33.9 Å². The number of anilines is 1. The first-order valence-electron chi connectivity index (χ1n) is 15.5. The molecule has 0 saturated carbocycles. The highest BCUT2D eigenvalue weighted by Crippen LogP contribution is 2.65. The summed E-state index contributed by atoms with van der Waals surface area (Å²) in [5.74, 6) is -2.03. The van der Waals surface area contributed by atoms with Crippen molar-refractivity contribution in [2.24, 2.45) is 17.8 Å². The third-order valence-corrected chi connectivity index (χ3v) is 10.0. The van der Waals surface area contributed by atoms with E-state index in [9.17, 15) is 19.5 Å². The minimum absolute atomic E-state index is 0.0315. The number of hydrogen-bond donors (Lipinski definition) is 1. The van der Waals surface area contributed by atoms with Gasteiger partial charge in [0.15, 0.2) is 0 Å². The van der Waals surface area contributed by atoms with E-state index in [-0.39, 0.29) is 36.8 Å². The van der Waals surface area contributed by atoms with Crippen molar-refractivity contribution in [1.29, 1.82) is 0 Å².